The molecule has 8 aromatic carbocycles. The molecule has 0 N–H and O–H groups in total. The summed E-state index contributed by atoms with van der Waals surface area (Å²) in [6.45, 7) is 7.61. The molecule has 11 rings (SSSR count). The first kappa shape index (κ1) is 28.1. The molecule has 232 valence electrons. The van der Waals surface area contributed by atoms with Gasteiger partial charge in [-0.3, -0.25) is 0 Å². The molecule has 0 heteroatoms. The Morgan fingerprint density at radius 3 is 1.75 bits per heavy atom. The van der Waals surface area contributed by atoms with Gasteiger partial charge in [0, 0.05) is 0 Å². The maximum Gasteiger partial charge on any atom is -0.00201 e. The third kappa shape index (κ3) is 3.84. The maximum absolute atomic E-state index is 2.54. The maximum atomic E-state index is 2.54. The van der Waals surface area contributed by atoms with Gasteiger partial charge < -0.3 is 0 Å². The Morgan fingerprint density at radius 2 is 1.06 bits per heavy atom. The number of benzene rings is 8. The van der Waals surface area contributed by atoms with Gasteiger partial charge in [0.15, 0.2) is 0 Å². The van der Waals surface area contributed by atoms with Crippen LogP contribution in [0.1, 0.15) is 45.1 Å². The fraction of sp³-hybridized carbons (Fsp3) is 0.208. The highest BCUT2D eigenvalue weighted by Gasteiger charge is 2.57. The Balaban J connectivity index is 1.29. The van der Waals surface area contributed by atoms with E-state index in [0.29, 0.717) is 17.3 Å². The van der Waals surface area contributed by atoms with Crippen LogP contribution in [-0.4, -0.2) is 0 Å². The summed E-state index contributed by atoms with van der Waals surface area (Å²) in [6.07, 6.45) is 2.72. The molecule has 8 aromatic rings. The van der Waals surface area contributed by atoms with Crippen molar-refractivity contribution in [2.24, 2.45) is 23.2 Å². The smallest absolute Gasteiger partial charge is 0.00201 e. The molecule has 3 aliphatic rings. The quantitative estimate of drug-likeness (QED) is 0.137. The number of fused-ring (bicyclic) bond motifs is 8. The average molecular weight is 617 g/mol. The molecule has 0 nitrogen and oxygen atoms in total. The van der Waals surface area contributed by atoms with E-state index in [1.54, 1.807) is 5.56 Å². The van der Waals surface area contributed by atoms with Crippen LogP contribution in [0.5, 0.6) is 0 Å². The van der Waals surface area contributed by atoms with E-state index >= 15 is 0 Å². The lowest BCUT2D eigenvalue weighted by Crippen LogP contribution is -2.54. The minimum atomic E-state index is 0.415. The minimum Gasteiger partial charge on any atom is -0.0622 e. The van der Waals surface area contributed by atoms with Crippen LogP contribution in [0, 0.1) is 23.2 Å². The van der Waals surface area contributed by atoms with Gasteiger partial charge in [-0.25, -0.2) is 0 Å². The van der Waals surface area contributed by atoms with Gasteiger partial charge in [0.05, 0.1) is 0 Å². The van der Waals surface area contributed by atoms with Crippen LogP contribution in [0.2, 0.25) is 0 Å². The monoisotopic (exact) mass is 616 g/mol. The van der Waals surface area contributed by atoms with Crippen molar-refractivity contribution in [2.45, 2.75) is 39.5 Å². The van der Waals surface area contributed by atoms with Gasteiger partial charge >= 0.3 is 0 Å². The SMILES string of the molecule is CC1C[C@H]2C[C@@H](C1c1c3ccccc3cc3c1ccc1c(-c4c5ccccc5c(-c5ccccc5)c5ccccc45)cccc13)C2(C)C. The van der Waals surface area contributed by atoms with Crippen molar-refractivity contribution < 1.29 is 0 Å². The Morgan fingerprint density at radius 1 is 0.479 bits per heavy atom. The number of hydrogen-bond acceptors (Lipinski definition) is 0. The summed E-state index contributed by atoms with van der Waals surface area (Å²) >= 11 is 0. The third-order valence-corrected chi connectivity index (χ3v) is 12.8. The molecule has 0 saturated heterocycles. The highest BCUT2D eigenvalue weighted by molar-refractivity contribution is 6.25. The van der Waals surface area contributed by atoms with Crippen molar-refractivity contribution in [3.63, 3.8) is 0 Å². The molecule has 0 spiro atoms. The molecule has 0 aromatic heterocycles. The van der Waals surface area contributed by atoms with Gasteiger partial charge in [-0.1, -0.05) is 154 Å². The molecular formula is C48H40. The number of rotatable bonds is 3. The Hall–Kier alpha value is -4.94. The lowest BCUT2D eigenvalue weighted by molar-refractivity contribution is -0.103. The molecule has 2 unspecified atom stereocenters. The molecule has 0 amide bonds. The van der Waals surface area contributed by atoms with Gasteiger partial charge in [-0.15, -0.1) is 0 Å². The average Bonchev–Trinajstić information content (AvgIpc) is 3.13. The zero-order valence-corrected chi connectivity index (χ0v) is 28.0. The fourth-order valence-corrected chi connectivity index (χ4v) is 10.4. The number of hydrogen-bond donors (Lipinski definition) is 0. The van der Waals surface area contributed by atoms with Crippen LogP contribution in [0.25, 0.3) is 76.1 Å². The zero-order chi connectivity index (χ0) is 32.1. The lowest BCUT2D eigenvalue weighted by atomic mass is 9.42. The van der Waals surface area contributed by atoms with E-state index in [0.717, 1.165) is 11.8 Å². The van der Waals surface area contributed by atoms with Gasteiger partial charge in [0.25, 0.3) is 0 Å². The second kappa shape index (κ2) is 10.3. The van der Waals surface area contributed by atoms with Crippen LogP contribution in [0.15, 0.2) is 140 Å². The Labute approximate surface area is 283 Å². The molecule has 0 heterocycles. The molecule has 3 saturated carbocycles. The van der Waals surface area contributed by atoms with E-state index in [-0.39, 0.29) is 0 Å². The molecule has 48 heavy (non-hydrogen) atoms. The standard InChI is InChI=1S/C48H40/c1-29-26-32-28-43(48(32,2)3)44(29)47-33-17-8-7-16-31(33)27-42-34-22-13-23-36(35(34)24-25-41(42)47)46-39-20-11-9-18-37(39)45(30-14-5-4-6-15-30)38-19-10-12-21-40(38)46/h4-25,27,29,32,43-44H,26,28H2,1-3H3/t29?,32-,43-,44?/m0/s1. The van der Waals surface area contributed by atoms with E-state index in [2.05, 4.69) is 160 Å². The summed E-state index contributed by atoms with van der Waals surface area (Å²) in [7, 11) is 0. The molecular weight excluding hydrogens is 577 g/mol. The Bertz CT molecular complexity index is 2510. The summed E-state index contributed by atoms with van der Waals surface area (Å²) in [5.41, 5.74) is 7.23. The van der Waals surface area contributed by atoms with E-state index in [4.69, 9.17) is 0 Å². The molecule has 3 fully saturated rings. The summed E-state index contributed by atoms with van der Waals surface area (Å²) in [5, 5.41) is 13.6. The van der Waals surface area contributed by atoms with Crippen molar-refractivity contribution in [1.29, 1.82) is 0 Å². The zero-order valence-electron chi connectivity index (χ0n) is 28.0. The normalized spacial score (nSPS) is 21.6. The minimum absolute atomic E-state index is 0.415. The second-order valence-electron chi connectivity index (χ2n) is 15.4. The first-order valence-corrected chi connectivity index (χ1v) is 17.9. The highest BCUT2D eigenvalue weighted by Crippen LogP contribution is 2.66. The van der Waals surface area contributed by atoms with Gasteiger partial charge in [0.2, 0.25) is 0 Å². The van der Waals surface area contributed by atoms with Gasteiger partial charge in [-0.2, -0.15) is 0 Å². The first-order valence-electron chi connectivity index (χ1n) is 17.9. The molecule has 2 bridgehead atoms. The Kier molecular flexibility index (Phi) is 6.02. The summed E-state index contributed by atoms with van der Waals surface area (Å²) in [6, 6.07) is 52.6. The van der Waals surface area contributed by atoms with Crippen LogP contribution in [0.3, 0.4) is 0 Å². The van der Waals surface area contributed by atoms with E-state index in [1.165, 1.54) is 89.0 Å². The van der Waals surface area contributed by atoms with Crippen LogP contribution in [-0.2, 0) is 0 Å². The van der Waals surface area contributed by atoms with Crippen LogP contribution < -0.4 is 0 Å². The summed E-state index contributed by atoms with van der Waals surface area (Å²) in [4.78, 5) is 0. The summed E-state index contributed by atoms with van der Waals surface area (Å²) in [5.74, 6) is 2.88. The first-order chi connectivity index (χ1) is 23.5. The molecule has 3 aliphatic carbocycles. The highest BCUT2D eigenvalue weighted by atomic mass is 14.6. The van der Waals surface area contributed by atoms with Crippen molar-refractivity contribution in [3.05, 3.63) is 145 Å². The van der Waals surface area contributed by atoms with Crippen LogP contribution >= 0.6 is 0 Å². The van der Waals surface area contributed by atoms with Crippen molar-refractivity contribution in [2.75, 3.05) is 0 Å². The van der Waals surface area contributed by atoms with Gasteiger partial charge in [0.1, 0.15) is 0 Å². The van der Waals surface area contributed by atoms with Crippen molar-refractivity contribution >= 4 is 53.9 Å². The molecule has 0 radical (unpaired) electrons. The largest absolute Gasteiger partial charge is 0.0622 e. The van der Waals surface area contributed by atoms with Gasteiger partial charge in [-0.05, 0) is 130 Å². The lowest BCUT2D eigenvalue weighted by Gasteiger charge is -2.62. The molecule has 0 aliphatic heterocycles. The predicted molar refractivity (Wildman–Crippen MR) is 207 cm³/mol. The summed E-state index contributed by atoms with van der Waals surface area (Å²) < 4.78 is 0. The predicted octanol–water partition coefficient (Wildman–Crippen LogP) is 13.6. The van der Waals surface area contributed by atoms with Crippen molar-refractivity contribution in [3.8, 4) is 22.3 Å². The van der Waals surface area contributed by atoms with Crippen LogP contribution in [0.4, 0.5) is 0 Å². The fourth-order valence-electron chi connectivity index (χ4n) is 10.4. The third-order valence-electron chi connectivity index (χ3n) is 12.8. The van der Waals surface area contributed by atoms with E-state index < -0.39 is 0 Å². The van der Waals surface area contributed by atoms with E-state index in [1.807, 2.05) is 0 Å². The topological polar surface area (TPSA) is 0 Å². The van der Waals surface area contributed by atoms with E-state index in [9.17, 15) is 0 Å². The molecule has 4 atom stereocenters. The second-order valence-corrected chi connectivity index (χ2v) is 15.4. The van der Waals surface area contributed by atoms with Crippen molar-refractivity contribution in [1.82, 2.24) is 0 Å².